The number of nitrogens with zero attached hydrogens (tertiary/aromatic N) is 1. The molecule has 1 atom stereocenters. The van der Waals surface area contributed by atoms with Crippen LogP contribution in [0.15, 0.2) is 0 Å². The summed E-state index contributed by atoms with van der Waals surface area (Å²) in [7, 11) is 0. The predicted molar refractivity (Wildman–Crippen MR) is 48.0 cm³/mol. The highest BCUT2D eigenvalue weighted by atomic mass is 32.2. The number of thioether (sulfide) groups is 1. The van der Waals surface area contributed by atoms with Crippen LogP contribution >= 0.6 is 11.8 Å². The third-order valence-corrected chi connectivity index (χ3v) is 2.00. The lowest BCUT2D eigenvalue weighted by Crippen LogP contribution is -2.36. The van der Waals surface area contributed by atoms with Crippen molar-refractivity contribution in [3.63, 3.8) is 0 Å². The highest BCUT2D eigenvalue weighted by molar-refractivity contribution is 8.00. The van der Waals surface area contributed by atoms with Crippen molar-refractivity contribution in [3.8, 4) is 6.07 Å². The first-order valence-corrected chi connectivity index (χ1v) is 4.91. The summed E-state index contributed by atoms with van der Waals surface area (Å²) < 4.78 is 23.5. The molecule has 0 rings (SSSR count). The van der Waals surface area contributed by atoms with Crippen molar-refractivity contribution in [2.24, 2.45) is 0 Å². The van der Waals surface area contributed by atoms with Gasteiger partial charge in [0.15, 0.2) is 0 Å². The number of aliphatic hydroxyl groups excluding tert-OH is 1. The van der Waals surface area contributed by atoms with Gasteiger partial charge in [-0.1, -0.05) is 0 Å². The van der Waals surface area contributed by atoms with Gasteiger partial charge in [0, 0.05) is 6.54 Å². The Bertz CT molecular complexity index is 220. The second kappa shape index (κ2) is 7.53. The van der Waals surface area contributed by atoms with E-state index in [2.05, 4.69) is 5.32 Å². The van der Waals surface area contributed by atoms with Gasteiger partial charge in [-0.15, -0.1) is 11.8 Å². The smallest absolute Gasteiger partial charge is 0.265 e. The monoisotopic (exact) mass is 224 g/mol. The molecule has 0 aromatic heterocycles. The van der Waals surface area contributed by atoms with Crippen LogP contribution in [0.1, 0.15) is 0 Å². The van der Waals surface area contributed by atoms with E-state index in [0.717, 1.165) is 11.8 Å². The maximum atomic E-state index is 11.7. The fourth-order valence-corrected chi connectivity index (χ4v) is 1.03. The quantitative estimate of drug-likeness (QED) is 0.622. The highest BCUT2D eigenvalue weighted by Gasteiger charge is 2.17. The maximum absolute atomic E-state index is 11.7. The fraction of sp³-hybridized carbons (Fsp3) is 0.714. The van der Waals surface area contributed by atoms with Gasteiger partial charge in [-0.3, -0.25) is 4.79 Å². The number of alkyl halides is 2. The van der Waals surface area contributed by atoms with Gasteiger partial charge < -0.3 is 10.4 Å². The number of nitrogens with one attached hydrogen (secondary N) is 1. The first-order valence-electron chi connectivity index (χ1n) is 3.75. The minimum atomic E-state index is -2.86. The summed E-state index contributed by atoms with van der Waals surface area (Å²) in [5.41, 5.74) is 0. The maximum Gasteiger partial charge on any atom is 0.265 e. The van der Waals surface area contributed by atoms with E-state index in [0.29, 0.717) is 0 Å². The van der Waals surface area contributed by atoms with Crippen LogP contribution in [0, 0.1) is 11.3 Å². The van der Waals surface area contributed by atoms with Crippen molar-refractivity contribution < 1.29 is 18.7 Å². The second-order valence-electron chi connectivity index (χ2n) is 2.36. The zero-order chi connectivity index (χ0) is 11.0. The molecule has 4 nitrogen and oxygen atoms in total. The molecular weight excluding hydrogens is 214 g/mol. The minimum absolute atomic E-state index is 0.0313. The van der Waals surface area contributed by atoms with E-state index >= 15 is 0 Å². The lowest BCUT2D eigenvalue weighted by molar-refractivity contribution is -0.119. The molecule has 0 saturated heterocycles. The number of amides is 1. The molecule has 1 unspecified atom stereocenters. The molecule has 0 aliphatic heterocycles. The molecule has 7 heteroatoms. The molecule has 14 heavy (non-hydrogen) atoms. The van der Waals surface area contributed by atoms with Gasteiger partial charge in [-0.05, 0) is 0 Å². The Hall–Kier alpha value is -0.870. The van der Waals surface area contributed by atoms with Crippen LogP contribution < -0.4 is 5.32 Å². The molecule has 1 amide bonds. The van der Waals surface area contributed by atoms with Crippen molar-refractivity contribution in [3.05, 3.63) is 0 Å². The number of hydrogen-bond donors (Lipinski definition) is 2. The number of nitriles is 1. The van der Waals surface area contributed by atoms with Gasteiger partial charge in [-0.25, -0.2) is 8.78 Å². The Morgan fingerprint density at radius 3 is 2.79 bits per heavy atom. The molecule has 0 aromatic carbocycles. The van der Waals surface area contributed by atoms with E-state index in [1.54, 1.807) is 0 Å². The summed E-state index contributed by atoms with van der Waals surface area (Å²) in [5, 5.41) is 18.9. The number of halogens is 2. The average molecular weight is 224 g/mol. The van der Waals surface area contributed by atoms with Crippen LogP contribution in [0.2, 0.25) is 0 Å². The molecule has 0 aromatic rings. The Balaban J connectivity index is 3.50. The molecule has 0 bridgehead atoms. The fourth-order valence-electron chi connectivity index (χ4n) is 0.548. The first-order chi connectivity index (χ1) is 6.57. The Morgan fingerprint density at radius 2 is 2.29 bits per heavy atom. The zero-order valence-corrected chi connectivity index (χ0v) is 8.06. The summed E-state index contributed by atoms with van der Waals surface area (Å²) in [6, 6.07) is 1.82. The SMILES string of the molecule is N#CCSCC(=O)NCC(O)C(F)F. The summed E-state index contributed by atoms with van der Waals surface area (Å²) in [4.78, 5) is 10.8. The van der Waals surface area contributed by atoms with Crippen molar-refractivity contribution >= 4 is 17.7 Å². The van der Waals surface area contributed by atoms with E-state index in [9.17, 15) is 13.6 Å². The second-order valence-corrected chi connectivity index (χ2v) is 3.34. The lowest BCUT2D eigenvalue weighted by Gasteiger charge is -2.09. The van der Waals surface area contributed by atoms with Crippen LogP contribution in [0.3, 0.4) is 0 Å². The standard InChI is InChI=1S/C7H10F2N2O2S/c8-7(9)5(12)3-11-6(13)4-14-2-1-10/h5,7,12H,2-4H2,(H,11,13). The summed E-state index contributed by atoms with van der Waals surface area (Å²) in [6.07, 6.45) is -4.69. The van der Waals surface area contributed by atoms with Gasteiger partial charge in [-0.2, -0.15) is 5.26 Å². The van der Waals surface area contributed by atoms with E-state index in [-0.39, 0.29) is 11.5 Å². The normalized spacial score (nSPS) is 12.2. The number of rotatable bonds is 6. The van der Waals surface area contributed by atoms with Crippen LogP contribution in [-0.4, -0.2) is 41.6 Å². The molecule has 0 radical (unpaired) electrons. The van der Waals surface area contributed by atoms with Crippen LogP contribution in [-0.2, 0) is 4.79 Å². The molecular formula is C7H10F2N2O2S. The van der Waals surface area contributed by atoms with Gasteiger partial charge in [0.25, 0.3) is 6.43 Å². The highest BCUT2D eigenvalue weighted by Crippen LogP contribution is 2.00. The number of carbonyl (C=O) groups is 1. The predicted octanol–water partition coefficient (Wildman–Crippen LogP) is -0.0146. The van der Waals surface area contributed by atoms with E-state index in [4.69, 9.17) is 10.4 Å². The third kappa shape index (κ3) is 6.62. The van der Waals surface area contributed by atoms with E-state index < -0.39 is 25.0 Å². The number of carbonyl (C=O) groups excluding carboxylic acids is 1. The molecule has 0 fully saturated rings. The largest absolute Gasteiger partial charge is 0.385 e. The Kier molecular flexibility index (Phi) is 7.06. The minimum Gasteiger partial charge on any atom is -0.385 e. The third-order valence-electron chi connectivity index (χ3n) is 1.20. The molecule has 2 N–H and O–H groups in total. The van der Waals surface area contributed by atoms with Crippen molar-refractivity contribution in [1.29, 1.82) is 5.26 Å². The zero-order valence-electron chi connectivity index (χ0n) is 7.24. The van der Waals surface area contributed by atoms with Crippen LogP contribution in [0.5, 0.6) is 0 Å². The molecule has 0 spiro atoms. The van der Waals surface area contributed by atoms with Crippen molar-refractivity contribution in [1.82, 2.24) is 5.32 Å². The molecule has 0 saturated carbocycles. The van der Waals surface area contributed by atoms with Crippen LogP contribution in [0.4, 0.5) is 8.78 Å². The molecule has 0 heterocycles. The van der Waals surface area contributed by atoms with Gasteiger partial charge in [0.05, 0.1) is 17.6 Å². The Morgan fingerprint density at radius 1 is 1.64 bits per heavy atom. The Labute approximate surface area is 84.3 Å². The van der Waals surface area contributed by atoms with Gasteiger partial charge in [0.1, 0.15) is 6.10 Å². The summed E-state index contributed by atoms with van der Waals surface area (Å²) in [5.74, 6) is -0.265. The lowest BCUT2D eigenvalue weighted by atomic mass is 10.4. The number of hydrogen-bond acceptors (Lipinski definition) is 4. The topological polar surface area (TPSA) is 73.1 Å². The molecule has 80 valence electrons. The average Bonchev–Trinajstić information content (AvgIpc) is 2.14. The number of aliphatic hydroxyl groups is 1. The summed E-state index contributed by atoms with van der Waals surface area (Å²) in [6.45, 7) is -0.469. The molecule has 0 aliphatic rings. The van der Waals surface area contributed by atoms with Crippen LogP contribution in [0.25, 0.3) is 0 Å². The van der Waals surface area contributed by atoms with Gasteiger partial charge in [0.2, 0.25) is 5.91 Å². The van der Waals surface area contributed by atoms with Crippen molar-refractivity contribution in [2.45, 2.75) is 12.5 Å². The first kappa shape index (κ1) is 13.1. The van der Waals surface area contributed by atoms with E-state index in [1.807, 2.05) is 6.07 Å². The van der Waals surface area contributed by atoms with Crippen molar-refractivity contribution in [2.75, 3.05) is 18.1 Å². The van der Waals surface area contributed by atoms with Gasteiger partial charge >= 0.3 is 0 Å². The molecule has 0 aliphatic carbocycles. The summed E-state index contributed by atoms with van der Waals surface area (Å²) >= 11 is 1.08. The van der Waals surface area contributed by atoms with E-state index in [1.165, 1.54) is 0 Å².